The Morgan fingerprint density at radius 2 is 2.22 bits per heavy atom. The first-order valence-electron chi connectivity index (χ1n) is 5.45. The van der Waals surface area contributed by atoms with Crippen molar-refractivity contribution in [2.24, 2.45) is 0 Å². The van der Waals surface area contributed by atoms with Gasteiger partial charge in [0.05, 0.1) is 11.5 Å². The van der Waals surface area contributed by atoms with Gasteiger partial charge in [-0.2, -0.15) is 0 Å². The number of nitrogens with two attached hydrogens (primary N) is 1. The number of rotatable bonds is 5. The minimum atomic E-state index is -0.671. The van der Waals surface area contributed by atoms with Gasteiger partial charge in [-0.15, -0.1) is 0 Å². The maximum Gasteiger partial charge on any atom is 0.304 e. The highest BCUT2D eigenvalue weighted by molar-refractivity contribution is 6.00. The number of nitro groups is 1. The molecule has 7 heteroatoms. The number of aliphatic hydroxyl groups is 1. The summed E-state index contributed by atoms with van der Waals surface area (Å²) in [5.74, 6) is -0.509. The van der Waals surface area contributed by atoms with Crippen molar-refractivity contribution in [3.8, 4) is 0 Å². The van der Waals surface area contributed by atoms with Crippen LogP contribution in [0.1, 0.15) is 17.3 Å². The smallest absolute Gasteiger partial charge is 0.304 e. The number of likely N-dealkylation sites (N-methyl/N-ethyl adjacent to an activating group) is 1. The highest BCUT2D eigenvalue weighted by Gasteiger charge is 2.25. The fraction of sp³-hybridized carbons (Fsp3) is 0.364. The number of anilines is 1. The van der Waals surface area contributed by atoms with E-state index in [0.29, 0.717) is 6.54 Å². The van der Waals surface area contributed by atoms with Gasteiger partial charge >= 0.3 is 5.69 Å². The van der Waals surface area contributed by atoms with Gasteiger partial charge in [0.2, 0.25) is 0 Å². The third-order valence-electron chi connectivity index (χ3n) is 2.52. The average Bonchev–Trinajstić information content (AvgIpc) is 2.34. The summed E-state index contributed by atoms with van der Waals surface area (Å²) in [5, 5.41) is 19.8. The normalized spacial score (nSPS) is 10.1. The molecule has 1 aromatic carbocycles. The lowest BCUT2D eigenvalue weighted by atomic mass is 10.1. The summed E-state index contributed by atoms with van der Waals surface area (Å²) < 4.78 is 0. The second kappa shape index (κ2) is 5.97. The van der Waals surface area contributed by atoms with Crippen molar-refractivity contribution in [1.29, 1.82) is 0 Å². The van der Waals surface area contributed by atoms with Crippen LogP contribution in [0, 0.1) is 10.1 Å². The zero-order chi connectivity index (χ0) is 13.7. The minimum Gasteiger partial charge on any atom is -0.395 e. The fourth-order valence-corrected chi connectivity index (χ4v) is 1.63. The third kappa shape index (κ3) is 2.75. The Kier molecular flexibility index (Phi) is 4.61. The van der Waals surface area contributed by atoms with Crippen molar-refractivity contribution < 1.29 is 14.8 Å². The number of nitro benzene ring substituents is 1. The van der Waals surface area contributed by atoms with Gasteiger partial charge in [-0.3, -0.25) is 14.9 Å². The zero-order valence-electron chi connectivity index (χ0n) is 10.00. The lowest BCUT2D eigenvalue weighted by molar-refractivity contribution is -0.384. The average molecular weight is 253 g/mol. The quantitative estimate of drug-likeness (QED) is 0.454. The van der Waals surface area contributed by atoms with Crippen LogP contribution in [0.4, 0.5) is 11.4 Å². The summed E-state index contributed by atoms with van der Waals surface area (Å²) >= 11 is 0. The molecule has 18 heavy (non-hydrogen) atoms. The number of aliphatic hydroxyl groups excluding tert-OH is 1. The number of benzene rings is 1. The van der Waals surface area contributed by atoms with Crippen LogP contribution in [0.25, 0.3) is 0 Å². The summed E-state index contributed by atoms with van der Waals surface area (Å²) in [7, 11) is 0. The third-order valence-corrected chi connectivity index (χ3v) is 2.52. The van der Waals surface area contributed by atoms with Crippen LogP contribution in [0.5, 0.6) is 0 Å². The predicted molar refractivity (Wildman–Crippen MR) is 66.2 cm³/mol. The van der Waals surface area contributed by atoms with Crippen LogP contribution in [0.3, 0.4) is 0 Å². The first-order chi connectivity index (χ1) is 8.52. The van der Waals surface area contributed by atoms with Crippen molar-refractivity contribution in [1.82, 2.24) is 4.90 Å². The number of hydrogen-bond acceptors (Lipinski definition) is 5. The Balaban J connectivity index is 3.20. The Morgan fingerprint density at radius 3 is 2.72 bits per heavy atom. The fourth-order valence-electron chi connectivity index (χ4n) is 1.63. The summed E-state index contributed by atoms with van der Waals surface area (Å²) in [6.07, 6.45) is 0. The largest absolute Gasteiger partial charge is 0.395 e. The van der Waals surface area contributed by atoms with E-state index in [9.17, 15) is 14.9 Å². The van der Waals surface area contributed by atoms with Crippen LogP contribution >= 0.6 is 0 Å². The van der Waals surface area contributed by atoms with E-state index in [4.69, 9.17) is 10.8 Å². The lowest BCUT2D eigenvalue weighted by Gasteiger charge is -2.19. The topological polar surface area (TPSA) is 110 Å². The molecular weight excluding hydrogens is 238 g/mol. The van der Waals surface area contributed by atoms with E-state index >= 15 is 0 Å². The molecule has 0 unspecified atom stereocenters. The number of para-hydroxylation sites is 1. The Bertz CT molecular complexity index is 462. The zero-order valence-corrected chi connectivity index (χ0v) is 10.00. The van der Waals surface area contributed by atoms with E-state index in [1.807, 2.05) is 0 Å². The Morgan fingerprint density at radius 1 is 1.56 bits per heavy atom. The van der Waals surface area contributed by atoms with Gasteiger partial charge in [0.15, 0.2) is 0 Å². The van der Waals surface area contributed by atoms with Crippen LogP contribution in [-0.4, -0.2) is 40.5 Å². The second-order valence-electron chi connectivity index (χ2n) is 3.61. The van der Waals surface area contributed by atoms with Crippen LogP contribution in [-0.2, 0) is 0 Å². The summed E-state index contributed by atoms with van der Waals surface area (Å²) in [5.41, 5.74) is 5.01. The molecular formula is C11H15N3O4. The molecule has 0 saturated heterocycles. The minimum absolute atomic E-state index is 0.0501. The molecule has 3 N–H and O–H groups in total. The van der Waals surface area contributed by atoms with Crippen molar-refractivity contribution in [2.45, 2.75) is 6.92 Å². The summed E-state index contributed by atoms with van der Waals surface area (Å²) in [6.45, 7) is 2.01. The summed E-state index contributed by atoms with van der Waals surface area (Å²) in [6, 6.07) is 4.22. The van der Waals surface area contributed by atoms with E-state index in [1.54, 1.807) is 6.92 Å². The highest BCUT2D eigenvalue weighted by Crippen LogP contribution is 2.26. The van der Waals surface area contributed by atoms with Gasteiger partial charge in [-0.1, -0.05) is 6.07 Å². The maximum atomic E-state index is 12.1. The van der Waals surface area contributed by atoms with Crippen molar-refractivity contribution >= 4 is 17.3 Å². The first-order valence-corrected chi connectivity index (χ1v) is 5.45. The van der Waals surface area contributed by atoms with Gasteiger partial charge in [-0.25, -0.2) is 0 Å². The molecule has 0 aliphatic heterocycles. The van der Waals surface area contributed by atoms with Crippen LogP contribution in [0.15, 0.2) is 18.2 Å². The molecule has 0 atom stereocenters. The van der Waals surface area contributed by atoms with Crippen molar-refractivity contribution in [3.63, 3.8) is 0 Å². The molecule has 98 valence electrons. The number of hydrogen-bond donors (Lipinski definition) is 2. The van der Waals surface area contributed by atoms with Gasteiger partial charge < -0.3 is 15.7 Å². The van der Waals surface area contributed by atoms with Crippen molar-refractivity contribution in [2.75, 3.05) is 25.4 Å². The van der Waals surface area contributed by atoms with Gasteiger partial charge in [-0.05, 0) is 19.1 Å². The molecule has 7 nitrogen and oxygen atoms in total. The number of amides is 1. The van der Waals surface area contributed by atoms with E-state index < -0.39 is 10.8 Å². The molecule has 0 bridgehead atoms. The lowest BCUT2D eigenvalue weighted by Crippen LogP contribution is -2.33. The molecule has 0 aromatic heterocycles. The predicted octanol–water partition coefficient (Wildman–Crippen LogP) is 0.631. The standard InChI is InChI=1S/C11H15N3O4/c1-2-13(6-7-15)11(16)8-4-3-5-9(12)10(8)14(17)18/h3-5,15H,2,6-7,12H2,1H3. The molecule has 1 aromatic rings. The molecule has 0 fully saturated rings. The molecule has 0 aliphatic carbocycles. The summed E-state index contributed by atoms with van der Waals surface area (Å²) in [4.78, 5) is 23.7. The van der Waals surface area contributed by atoms with E-state index in [1.165, 1.54) is 23.1 Å². The highest BCUT2D eigenvalue weighted by atomic mass is 16.6. The number of nitrogens with zero attached hydrogens (tertiary/aromatic N) is 2. The Labute approximate surface area is 104 Å². The number of carbonyl (C=O) groups is 1. The van der Waals surface area contributed by atoms with Gasteiger partial charge in [0, 0.05) is 13.1 Å². The maximum absolute atomic E-state index is 12.1. The Hall–Kier alpha value is -2.15. The molecule has 1 amide bonds. The van der Waals surface area contributed by atoms with Gasteiger partial charge in [0.25, 0.3) is 5.91 Å². The monoisotopic (exact) mass is 253 g/mol. The van der Waals surface area contributed by atoms with E-state index in [2.05, 4.69) is 0 Å². The van der Waals surface area contributed by atoms with Crippen LogP contribution < -0.4 is 5.73 Å². The van der Waals surface area contributed by atoms with E-state index in [0.717, 1.165) is 0 Å². The molecule has 0 saturated carbocycles. The molecule has 0 aliphatic rings. The molecule has 0 radical (unpaired) electrons. The molecule has 0 spiro atoms. The number of nitrogen functional groups attached to an aromatic ring is 1. The second-order valence-corrected chi connectivity index (χ2v) is 3.61. The molecule has 0 heterocycles. The molecule has 1 rings (SSSR count). The van der Waals surface area contributed by atoms with E-state index in [-0.39, 0.29) is 30.1 Å². The SMILES string of the molecule is CCN(CCO)C(=O)c1cccc(N)c1[N+](=O)[O-]. The number of carbonyl (C=O) groups excluding carboxylic acids is 1. The van der Waals surface area contributed by atoms with Gasteiger partial charge in [0.1, 0.15) is 11.3 Å². The van der Waals surface area contributed by atoms with Crippen molar-refractivity contribution in [3.05, 3.63) is 33.9 Å². The first kappa shape index (κ1) is 13.9. The van der Waals surface area contributed by atoms with Crippen LogP contribution in [0.2, 0.25) is 0 Å².